The molecular formula is C17H18FN3O2S. The highest BCUT2D eigenvalue weighted by Crippen LogP contribution is 2.31. The van der Waals surface area contributed by atoms with E-state index in [9.17, 15) is 14.0 Å². The fourth-order valence-corrected chi connectivity index (χ4v) is 3.83. The molecule has 1 N–H and O–H groups in total. The smallest absolute Gasteiger partial charge is 0.251 e. The summed E-state index contributed by atoms with van der Waals surface area (Å²) in [4.78, 5) is 32.9. The molecule has 0 aliphatic carbocycles. The third kappa shape index (κ3) is 3.51. The number of aryl methyl sites for hydroxylation is 1. The normalized spacial score (nSPS) is 18.0. The molecule has 1 aromatic heterocycles. The third-order valence-corrected chi connectivity index (χ3v) is 5.06. The van der Waals surface area contributed by atoms with E-state index < -0.39 is 5.82 Å². The predicted octanol–water partition coefficient (Wildman–Crippen LogP) is 2.76. The molecule has 24 heavy (non-hydrogen) atoms. The van der Waals surface area contributed by atoms with Gasteiger partial charge in [0.25, 0.3) is 5.56 Å². The first-order valence-corrected chi connectivity index (χ1v) is 8.79. The van der Waals surface area contributed by atoms with Gasteiger partial charge < -0.3 is 9.88 Å². The van der Waals surface area contributed by atoms with Crippen LogP contribution in [0.25, 0.3) is 0 Å². The summed E-state index contributed by atoms with van der Waals surface area (Å²) in [5.41, 5.74) is 0.769. The minimum Gasteiger partial charge on any atom is -0.309 e. The van der Waals surface area contributed by atoms with Gasteiger partial charge in [-0.2, -0.15) is 0 Å². The molecule has 2 heterocycles. The second-order valence-electron chi connectivity index (χ2n) is 5.59. The number of para-hydroxylation sites is 1. The number of carbonyl (C=O) groups excluding carboxylic acids is 1. The van der Waals surface area contributed by atoms with E-state index in [-0.39, 0.29) is 16.7 Å². The van der Waals surface area contributed by atoms with Gasteiger partial charge in [0, 0.05) is 18.3 Å². The largest absolute Gasteiger partial charge is 0.309 e. The number of piperidine rings is 1. The molecule has 5 nitrogen and oxygen atoms in total. The van der Waals surface area contributed by atoms with Crippen LogP contribution in [0, 0.1) is 5.82 Å². The van der Waals surface area contributed by atoms with Gasteiger partial charge in [-0.05, 0) is 31.4 Å². The number of anilines is 1. The molecule has 1 aliphatic rings. The van der Waals surface area contributed by atoms with E-state index >= 15 is 0 Å². The van der Waals surface area contributed by atoms with Crippen molar-refractivity contribution in [3.8, 4) is 0 Å². The van der Waals surface area contributed by atoms with Crippen LogP contribution >= 0.6 is 11.8 Å². The van der Waals surface area contributed by atoms with Crippen molar-refractivity contribution >= 4 is 23.4 Å². The molecule has 0 saturated carbocycles. The summed E-state index contributed by atoms with van der Waals surface area (Å²) in [5.74, 6) is -0.558. The van der Waals surface area contributed by atoms with Gasteiger partial charge >= 0.3 is 0 Å². The second kappa shape index (κ2) is 7.17. The molecule has 1 aliphatic heterocycles. The van der Waals surface area contributed by atoms with Crippen LogP contribution in [0.1, 0.15) is 25.5 Å². The molecule has 1 unspecified atom stereocenters. The maximum absolute atomic E-state index is 14.0. The lowest BCUT2D eigenvalue weighted by Gasteiger charge is -2.31. The van der Waals surface area contributed by atoms with Gasteiger partial charge in [0.2, 0.25) is 5.91 Å². The zero-order valence-electron chi connectivity index (χ0n) is 13.3. The number of nitrogens with one attached hydrogen (secondary N) is 1. The summed E-state index contributed by atoms with van der Waals surface area (Å²) >= 11 is 1.24. The van der Waals surface area contributed by atoms with Gasteiger partial charge in [0.05, 0.1) is 10.9 Å². The van der Waals surface area contributed by atoms with Gasteiger partial charge in [-0.3, -0.25) is 9.59 Å². The zero-order valence-corrected chi connectivity index (χ0v) is 14.1. The monoisotopic (exact) mass is 347 g/mol. The molecule has 1 saturated heterocycles. The summed E-state index contributed by atoms with van der Waals surface area (Å²) in [7, 11) is 0. The Morgan fingerprint density at radius 3 is 2.92 bits per heavy atom. The Bertz CT molecular complexity index is 808. The highest BCUT2D eigenvalue weighted by atomic mass is 32.2. The first-order valence-electron chi connectivity index (χ1n) is 7.91. The van der Waals surface area contributed by atoms with Crippen LogP contribution < -0.4 is 10.5 Å². The molecule has 1 aromatic carbocycles. The molecule has 7 heteroatoms. The number of nitrogens with zero attached hydrogens (tertiary/aromatic N) is 2. The molecule has 126 valence electrons. The fraction of sp³-hybridized carbons (Fsp3) is 0.353. The van der Waals surface area contributed by atoms with Crippen molar-refractivity contribution < 1.29 is 9.18 Å². The number of hydrogen-bond acceptors (Lipinski definition) is 4. The molecule has 2 aromatic rings. The van der Waals surface area contributed by atoms with Crippen molar-refractivity contribution in [2.45, 2.75) is 36.6 Å². The number of halogens is 1. The lowest BCUT2D eigenvalue weighted by Crippen LogP contribution is -2.43. The molecule has 0 bridgehead atoms. The third-order valence-electron chi connectivity index (χ3n) is 3.92. The van der Waals surface area contributed by atoms with Crippen LogP contribution in [0.3, 0.4) is 0 Å². The van der Waals surface area contributed by atoms with E-state index in [4.69, 9.17) is 0 Å². The fourth-order valence-electron chi connectivity index (χ4n) is 2.72. The van der Waals surface area contributed by atoms with E-state index in [1.165, 1.54) is 28.8 Å². The quantitative estimate of drug-likeness (QED) is 0.864. The number of carbonyl (C=O) groups is 1. The van der Waals surface area contributed by atoms with Crippen molar-refractivity contribution in [3.63, 3.8) is 0 Å². The lowest BCUT2D eigenvalue weighted by atomic mass is 10.1. The van der Waals surface area contributed by atoms with Crippen LogP contribution in [-0.2, 0) is 11.2 Å². The number of aromatic nitrogens is 2. The van der Waals surface area contributed by atoms with Crippen LogP contribution in [-0.4, -0.2) is 27.7 Å². The topological polar surface area (TPSA) is 66.1 Å². The van der Waals surface area contributed by atoms with Crippen LogP contribution in [0.4, 0.5) is 10.1 Å². The maximum Gasteiger partial charge on any atom is 0.251 e. The van der Waals surface area contributed by atoms with Crippen molar-refractivity contribution in [1.29, 1.82) is 0 Å². The van der Waals surface area contributed by atoms with Gasteiger partial charge in [-0.1, -0.05) is 30.8 Å². The maximum atomic E-state index is 14.0. The molecule has 3 rings (SSSR count). The molecule has 1 amide bonds. The Morgan fingerprint density at radius 2 is 2.17 bits per heavy atom. The summed E-state index contributed by atoms with van der Waals surface area (Å²) in [6.07, 6.45) is 2.10. The average molecular weight is 347 g/mol. The van der Waals surface area contributed by atoms with Crippen LogP contribution in [0.2, 0.25) is 0 Å². The van der Waals surface area contributed by atoms with E-state index in [0.29, 0.717) is 35.9 Å². The van der Waals surface area contributed by atoms with Gasteiger partial charge in [0.1, 0.15) is 5.82 Å². The van der Waals surface area contributed by atoms with Gasteiger partial charge in [-0.25, -0.2) is 9.37 Å². The Hall–Kier alpha value is -2.15. The summed E-state index contributed by atoms with van der Waals surface area (Å²) < 4.78 is 14.0. The van der Waals surface area contributed by atoms with E-state index in [0.717, 1.165) is 6.42 Å². The predicted molar refractivity (Wildman–Crippen MR) is 91.9 cm³/mol. The van der Waals surface area contributed by atoms with Crippen molar-refractivity contribution in [3.05, 3.63) is 52.2 Å². The SMILES string of the molecule is CCc1cc(=O)[nH]c(SC2CCCN(c3ccccc3F)C2=O)n1. The standard InChI is InChI=1S/C17H18FN3O2S/c1-2-11-10-15(22)20-17(19-11)24-14-8-5-9-21(16(14)23)13-7-4-3-6-12(13)18/h3-4,6-7,10,14H,2,5,8-9H2,1H3,(H,19,20,22). The first-order chi connectivity index (χ1) is 11.6. The highest BCUT2D eigenvalue weighted by molar-refractivity contribution is 8.00. The molecular weight excluding hydrogens is 329 g/mol. The van der Waals surface area contributed by atoms with Crippen molar-refractivity contribution in [1.82, 2.24) is 9.97 Å². The molecule has 0 spiro atoms. The molecule has 1 atom stereocenters. The summed E-state index contributed by atoms with van der Waals surface area (Å²) in [6, 6.07) is 7.73. The van der Waals surface area contributed by atoms with E-state index in [2.05, 4.69) is 9.97 Å². The van der Waals surface area contributed by atoms with Gasteiger partial charge in [-0.15, -0.1) is 0 Å². The number of amides is 1. The average Bonchev–Trinajstić information content (AvgIpc) is 2.57. The molecule has 1 fully saturated rings. The van der Waals surface area contributed by atoms with Crippen LogP contribution in [0.5, 0.6) is 0 Å². The van der Waals surface area contributed by atoms with Gasteiger partial charge in [0.15, 0.2) is 5.16 Å². The minimum absolute atomic E-state index is 0.152. The van der Waals surface area contributed by atoms with Crippen molar-refractivity contribution in [2.24, 2.45) is 0 Å². The number of rotatable bonds is 4. The van der Waals surface area contributed by atoms with Crippen molar-refractivity contribution in [2.75, 3.05) is 11.4 Å². The Labute approximate surface area is 143 Å². The number of thioether (sulfide) groups is 1. The van der Waals surface area contributed by atoms with E-state index in [1.807, 2.05) is 6.92 Å². The minimum atomic E-state index is -0.406. The zero-order chi connectivity index (χ0) is 17.1. The first kappa shape index (κ1) is 16.7. The Kier molecular flexibility index (Phi) is 4.99. The molecule has 0 radical (unpaired) electrons. The number of benzene rings is 1. The van der Waals surface area contributed by atoms with E-state index in [1.54, 1.807) is 18.2 Å². The Morgan fingerprint density at radius 1 is 1.38 bits per heavy atom. The van der Waals surface area contributed by atoms with Crippen LogP contribution in [0.15, 0.2) is 40.3 Å². The second-order valence-corrected chi connectivity index (χ2v) is 6.78. The summed E-state index contributed by atoms with van der Waals surface area (Å²) in [5, 5.41) is 0.0571. The number of aromatic amines is 1. The lowest BCUT2D eigenvalue weighted by molar-refractivity contribution is -0.119. The number of hydrogen-bond donors (Lipinski definition) is 1. The Balaban J connectivity index is 1.82. The highest BCUT2D eigenvalue weighted by Gasteiger charge is 2.32. The summed E-state index contributed by atoms with van der Waals surface area (Å²) in [6.45, 7) is 2.41. The number of H-pyrrole nitrogens is 1.